The van der Waals surface area contributed by atoms with E-state index in [2.05, 4.69) is 17.1 Å². The Bertz CT molecular complexity index is 585. The van der Waals surface area contributed by atoms with E-state index in [0.29, 0.717) is 18.2 Å². The first kappa shape index (κ1) is 14.1. The third-order valence-corrected chi connectivity index (χ3v) is 4.67. The summed E-state index contributed by atoms with van der Waals surface area (Å²) >= 11 is 0. The summed E-state index contributed by atoms with van der Waals surface area (Å²) in [6.07, 6.45) is 6.85. The second-order valence-electron chi connectivity index (χ2n) is 6.05. The van der Waals surface area contributed by atoms with E-state index in [9.17, 15) is 0 Å². The van der Waals surface area contributed by atoms with Crippen LogP contribution < -0.4 is 5.73 Å². The van der Waals surface area contributed by atoms with Crippen LogP contribution in [0.3, 0.4) is 0 Å². The summed E-state index contributed by atoms with van der Waals surface area (Å²) in [4.78, 5) is 4.59. The van der Waals surface area contributed by atoms with E-state index in [1.165, 1.54) is 32.1 Å². The molecule has 0 atom stereocenters. The van der Waals surface area contributed by atoms with E-state index >= 15 is 0 Å². The third kappa shape index (κ3) is 3.26. The van der Waals surface area contributed by atoms with Crippen LogP contribution in [0.5, 0.6) is 0 Å². The van der Waals surface area contributed by atoms with E-state index in [1.807, 2.05) is 24.3 Å². The number of hydrogen-bond acceptors (Lipinski definition) is 4. The maximum absolute atomic E-state index is 5.96. The standard InChI is InChI=1S/C17H23N3O/c1-2-12-7-9-13(10-8-12)17-19-16(21-20-17)11-14-5-3-4-6-15(14)18/h3-6,12-13H,2,7-11,18H2,1H3. The Labute approximate surface area is 125 Å². The highest BCUT2D eigenvalue weighted by molar-refractivity contribution is 5.47. The zero-order chi connectivity index (χ0) is 14.7. The van der Waals surface area contributed by atoms with Gasteiger partial charge in [-0.3, -0.25) is 0 Å². The molecule has 1 saturated carbocycles. The molecule has 0 amide bonds. The lowest BCUT2D eigenvalue weighted by Crippen LogP contribution is -2.13. The van der Waals surface area contributed by atoms with E-state index in [-0.39, 0.29) is 0 Å². The molecule has 21 heavy (non-hydrogen) atoms. The van der Waals surface area contributed by atoms with Gasteiger partial charge in [-0.25, -0.2) is 0 Å². The Balaban J connectivity index is 1.65. The molecule has 1 aromatic carbocycles. The van der Waals surface area contributed by atoms with Crippen LogP contribution in [0, 0.1) is 5.92 Å². The monoisotopic (exact) mass is 285 g/mol. The molecule has 0 unspecified atom stereocenters. The molecule has 0 radical (unpaired) electrons. The molecule has 112 valence electrons. The van der Waals surface area contributed by atoms with E-state index in [4.69, 9.17) is 10.3 Å². The average Bonchev–Trinajstić information content (AvgIpc) is 2.98. The minimum Gasteiger partial charge on any atom is -0.398 e. The minimum atomic E-state index is 0.471. The average molecular weight is 285 g/mol. The number of nitrogen functional groups attached to an aromatic ring is 1. The Hall–Kier alpha value is -1.84. The van der Waals surface area contributed by atoms with Crippen molar-refractivity contribution in [1.29, 1.82) is 0 Å². The number of para-hydroxylation sites is 1. The summed E-state index contributed by atoms with van der Waals surface area (Å²) < 4.78 is 5.41. The largest absolute Gasteiger partial charge is 0.398 e. The van der Waals surface area contributed by atoms with Gasteiger partial charge < -0.3 is 10.3 Å². The van der Waals surface area contributed by atoms with Gasteiger partial charge in [0.05, 0.1) is 6.42 Å². The van der Waals surface area contributed by atoms with Crippen molar-refractivity contribution >= 4 is 5.69 Å². The molecule has 0 aliphatic heterocycles. The Morgan fingerprint density at radius 2 is 1.95 bits per heavy atom. The smallest absolute Gasteiger partial charge is 0.231 e. The van der Waals surface area contributed by atoms with Gasteiger partial charge in [0.25, 0.3) is 0 Å². The highest BCUT2D eigenvalue weighted by atomic mass is 16.5. The minimum absolute atomic E-state index is 0.471. The van der Waals surface area contributed by atoms with Crippen LogP contribution in [0.1, 0.15) is 62.2 Å². The molecule has 1 aromatic heterocycles. The number of benzene rings is 1. The molecule has 0 spiro atoms. The number of hydrogen-bond donors (Lipinski definition) is 1. The highest BCUT2D eigenvalue weighted by Gasteiger charge is 2.25. The van der Waals surface area contributed by atoms with Crippen molar-refractivity contribution in [2.24, 2.45) is 5.92 Å². The van der Waals surface area contributed by atoms with Crippen LogP contribution in [0.25, 0.3) is 0 Å². The predicted molar refractivity (Wildman–Crippen MR) is 82.9 cm³/mol. The molecule has 1 aliphatic rings. The number of nitrogens with two attached hydrogens (primary N) is 1. The number of anilines is 1. The van der Waals surface area contributed by atoms with Crippen molar-refractivity contribution in [2.45, 2.75) is 51.4 Å². The molecule has 4 heteroatoms. The second kappa shape index (κ2) is 6.29. The summed E-state index contributed by atoms with van der Waals surface area (Å²) in [5.74, 6) is 2.91. The quantitative estimate of drug-likeness (QED) is 0.864. The van der Waals surface area contributed by atoms with Gasteiger partial charge >= 0.3 is 0 Å². The molecule has 1 heterocycles. The second-order valence-corrected chi connectivity index (χ2v) is 6.05. The SMILES string of the molecule is CCC1CCC(c2noc(Cc3ccccc3N)n2)CC1. The summed E-state index contributed by atoms with van der Waals surface area (Å²) in [5.41, 5.74) is 7.78. The lowest BCUT2D eigenvalue weighted by Gasteiger charge is -2.25. The summed E-state index contributed by atoms with van der Waals surface area (Å²) in [6, 6.07) is 7.82. The first-order chi connectivity index (χ1) is 10.3. The van der Waals surface area contributed by atoms with Gasteiger partial charge in [0.15, 0.2) is 5.82 Å². The molecule has 0 bridgehead atoms. The van der Waals surface area contributed by atoms with Gasteiger partial charge in [-0.2, -0.15) is 4.98 Å². The summed E-state index contributed by atoms with van der Waals surface area (Å²) in [6.45, 7) is 2.28. The van der Waals surface area contributed by atoms with Gasteiger partial charge in [0.1, 0.15) is 0 Å². The summed E-state index contributed by atoms with van der Waals surface area (Å²) in [5, 5.41) is 4.19. The van der Waals surface area contributed by atoms with Gasteiger partial charge in [0.2, 0.25) is 5.89 Å². The zero-order valence-corrected chi connectivity index (χ0v) is 12.6. The van der Waals surface area contributed by atoms with Crippen LogP contribution in [-0.4, -0.2) is 10.1 Å². The molecular formula is C17H23N3O. The zero-order valence-electron chi connectivity index (χ0n) is 12.6. The highest BCUT2D eigenvalue weighted by Crippen LogP contribution is 2.35. The van der Waals surface area contributed by atoms with Gasteiger partial charge in [-0.05, 0) is 43.2 Å². The van der Waals surface area contributed by atoms with Crippen molar-refractivity contribution in [3.05, 3.63) is 41.5 Å². The maximum atomic E-state index is 5.96. The van der Waals surface area contributed by atoms with Gasteiger partial charge in [-0.1, -0.05) is 36.7 Å². The Morgan fingerprint density at radius 1 is 1.19 bits per heavy atom. The molecule has 4 nitrogen and oxygen atoms in total. The lowest BCUT2D eigenvalue weighted by atomic mass is 9.80. The fraction of sp³-hybridized carbons (Fsp3) is 0.529. The first-order valence-electron chi connectivity index (χ1n) is 7.92. The molecule has 2 aromatic rings. The van der Waals surface area contributed by atoms with Crippen molar-refractivity contribution in [1.82, 2.24) is 10.1 Å². The van der Waals surface area contributed by atoms with Crippen LogP contribution in [-0.2, 0) is 6.42 Å². The Kier molecular flexibility index (Phi) is 4.23. The number of rotatable bonds is 4. The number of aromatic nitrogens is 2. The first-order valence-corrected chi connectivity index (χ1v) is 7.92. The fourth-order valence-corrected chi connectivity index (χ4v) is 3.19. The summed E-state index contributed by atoms with van der Waals surface area (Å²) in [7, 11) is 0. The molecule has 1 aliphatic carbocycles. The lowest BCUT2D eigenvalue weighted by molar-refractivity contribution is 0.303. The molecule has 3 rings (SSSR count). The normalized spacial score (nSPS) is 22.3. The number of nitrogens with zero attached hydrogens (tertiary/aromatic N) is 2. The van der Waals surface area contributed by atoms with Crippen LogP contribution in [0.2, 0.25) is 0 Å². The maximum Gasteiger partial charge on any atom is 0.231 e. The van der Waals surface area contributed by atoms with E-state index in [0.717, 1.165) is 23.0 Å². The van der Waals surface area contributed by atoms with E-state index in [1.54, 1.807) is 0 Å². The third-order valence-electron chi connectivity index (χ3n) is 4.67. The fourth-order valence-electron chi connectivity index (χ4n) is 3.19. The van der Waals surface area contributed by atoms with E-state index < -0.39 is 0 Å². The van der Waals surface area contributed by atoms with Crippen molar-refractivity contribution in [3.8, 4) is 0 Å². The van der Waals surface area contributed by atoms with Crippen molar-refractivity contribution in [2.75, 3.05) is 5.73 Å². The molecule has 0 saturated heterocycles. The molecule has 2 N–H and O–H groups in total. The van der Waals surface area contributed by atoms with Crippen LogP contribution in [0.4, 0.5) is 5.69 Å². The van der Waals surface area contributed by atoms with Crippen LogP contribution >= 0.6 is 0 Å². The topological polar surface area (TPSA) is 64.9 Å². The molecule has 1 fully saturated rings. The predicted octanol–water partition coefficient (Wildman–Crippen LogP) is 3.93. The van der Waals surface area contributed by atoms with Crippen LogP contribution in [0.15, 0.2) is 28.8 Å². The van der Waals surface area contributed by atoms with Gasteiger partial charge in [-0.15, -0.1) is 0 Å². The van der Waals surface area contributed by atoms with Gasteiger partial charge in [0, 0.05) is 11.6 Å². The van der Waals surface area contributed by atoms with Crippen molar-refractivity contribution < 1.29 is 4.52 Å². The Morgan fingerprint density at radius 3 is 2.67 bits per heavy atom. The van der Waals surface area contributed by atoms with Crippen molar-refractivity contribution in [3.63, 3.8) is 0 Å². The molecular weight excluding hydrogens is 262 g/mol.